The van der Waals surface area contributed by atoms with Gasteiger partial charge in [-0.15, -0.1) is 0 Å². The van der Waals surface area contributed by atoms with Crippen LogP contribution in [0.1, 0.15) is 34.3 Å². The van der Waals surface area contributed by atoms with Crippen molar-refractivity contribution >= 4 is 5.91 Å². The van der Waals surface area contributed by atoms with Gasteiger partial charge in [-0.25, -0.2) is 0 Å². The van der Waals surface area contributed by atoms with E-state index < -0.39 is 0 Å². The summed E-state index contributed by atoms with van der Waals surface area (Å²) in [6, 6.07) is 12.2. The van der Waals surface area contributed by atoms with Crippen LogP contribution < -0.4 is 0 Å². The van der Waals surface area contributed by atoms with Crippen LogP contribution in [0, 0.1) is 6.92 Å². The van der Waals surface area contributed by atoms with Crippen molar-refractivity contribution in [2.45, 2.75) is 32.4 Å². The first kappa shape index (κ1) is 12.9. The molecule has 1 saturated carbocycles. The fourth-order valence-electron chi connectivity index (χ4n) is 2.30. The maximum absolute atomic E-state index is 12.7. The predicted octanol–water partition coefficient (Wildman–Crippen LogP) is 3.19. The zero-order valence-corrected chi connectivity index (χ0v) is 11.6. The Morgan fingerprint density at radius 3 is 2.40 bits per heavy atom. The summed E-state index contributed by atoms with van der Waals surface area (Å²) in [5.74, 6) is 0.129. The Morgan fingerprint density at radius 2 is 1.80 bits per heavy atom. The second-order valence-electron chi connectivity index (χ2n) is 5.39. The quantitative estimate of drug-likeness (QED) is 0.851. The van der Waals surface area contributed by atoms with Crippen LogP contribution in [0.3, 0.4) is 0 Å². The molecule has 0 saturated heterocycles. The van der Waals surface area contributed by atoms with Gasteiger partial charge in [-0.3, -0.25) is 9.78 Å². The molecule has 1 aromatic heterocycles. The van der Waals surface area contributed by atoms with E-state index in [4.69, 9.17) is 0 Å². The van der Waals surface area contributed by atoms with Crippen molar-refractivity contribution in [3.05, 3.63) is 65.5 Å². The molecule has 1 aromatic carbocycles. The molecule has 20 heavy (non-hydrogen) atoms. The Kier molecular flexibility index (Phi) is 3.50. The summed E-state index contributed by atoms with van der Waals surface area (Å²) in [6.45, 7) is 2.70. The van der Waals surface area contributed by atoms with Crippen molar-refractivity contribution in [1.29, 1.82) is 0 Å². The highest BCUT2D eigenvalue weighted by Crippen LogP contribution is 2.29. The van der Waals surface area contributed by atoms with E-state index >= 15 is 0 Å². The lowest BCUT2D eigenvalue weighted by Gasteiger charge is -2.22. The lowest BCUT2D eigenvalue weighted by Crippen LogP contribution is -2.32. The van der Waals surface area contributed by atoms with Crippen LogP contribution in [0.2, 0.25) is 0 Å². The monoisotopic (exact) mass is 266 g/mol. The van der Waals surface area contributed by atoms with Gasteiger partial charge in [-0.05, 0) is 49.6 Å². The summed E-state index contributed by atoms with van der Waals surface area (Å²) >= 11 is 0. The minimum Gasteiger partial charge on any atom is -0.331 e. The molecule has 0 radical (unpaired) electrons. The number of amides is 1. The van der Waals surface area contributed by atoms with Crippen LogP contribution in [0.4, 0.5) is 0 Å². The van der Waals surface area contributed by atoms with E-state index in [1.165, 1.54) is 5.56 Å². The van der Waals surface area contributed by atoms with Gasteiger partial charge in [0.15, 0.2) is 0 Å². The molecule has 1 fully saturated rings. The molecular weight excluding hydrogens is 248 g/mol. The molecule has 1 amide bonds. The third-order valence-corrected chi connectivity index (χ3v) is 3.65. The zero-order chi connectivity index (χ0) is 13.9. The molecular formula is C17H18N2O. The maximum atomic E-state index is 12.7. The molecule has 0 aliphatic heterocycles. The number of pyridine rings is 1. The first-order valence-electron chi connectivity index (χ1n) is 7.00. The molecule has 0 spiro atoms. The Morgan fingerprint density at radius 1 is 1.15 bits per heavy atom. The van der Waals surface area contributed by atoms with Crippen molar-refractivity contribution in [2.24, 2.45) is 0 Å². The highest BCUT2D eigenvalue weighted by atomic mass is 16.2. The average Bonchev–Trinajstić information content (AvgIpc) is 3.30. The van der Waals surface area contributed by atoms with Gasteiger partial charge in [0, 0.05) is 30.5 Å². The van der Waals surface area contributed by atoms with Crippen LogP contribution in [0.5, 0.6) is 0 Å². The minimum absolute atomic E-state index is 0.129. The van der Waals surface area contributed by atoms with Crippen LogP contribution in [0.15, 0.2) is 48.8 Å². The molecule has 0 bridgehead atoms. The van der Waals surface area contributed by atoms with Crippen molar-refractivity contribution in [3.63, 3.8) is 0 Å². The summed E-state index contributed by atoms with van der Waals surface area (Å²) in [4.78, 5) is 18.7. The molecule has 102 valence electrons. The number of aromatic nitrogens is 1. The number of carbonyl (C=O) groups is 1. The predicted molar refractivity (Wildman–Crippen MR) is 78.3 cm³/mol. The van der Waals surface area contributed by atoms with Crippen molar-refractivity contribution in [1.82, 2.24) is 9.88 Å². The number of rotatable bonds is 4. The molecule has 0 N–H and O–H groups in total. The standard InChI is InChI=1S/C17H18N2O/c1-13-2-4-15(5-3-13)17(20)19(16-6-7-16)12-14-8-10-18-11-9-14/h2-5,8-11,16H,6-7,12H2,1H3. The number of nitrogens with zero attached hydrogens (tertiary/aromatic N) is 2. The van der Waals surface area contributed by atoms with Gasteiger partial charge in [0.2, 0.25) is 0 Å². The number of carbonyl (C=O) groups excluding carboxylic acids is 1. The van der Waals surface area contributed by atoms with Crippen LogP contribution in [-0.2, 0) is 6.54 Å². The van der Waals surface area contributed by atoms with E-state index in [9.17, 15) is 4.79 Å². The number of benzene rings is 1. The van der Waals surface area contributed by atoms with Gasteiger partial charge in [0.25, 0.3) is 5.91 Å². The first-order valence-corrected chi connectivity index (χ1v) is 7.00. The van der Waals surface area contributed by atoms with Crippen LogP contribution in [-0.4, -0.2) is 21.8 Å². The minimum atomic E-state index is 0.129. The summed E-state index contributed by atoms with van der Waals surface area (Å²) in [7, 11) is 0. The van der Waals surface area contributed by atoms with E-state index in [1.54, 1.807) is 12.4 Å². The van der Waals surface area contributed by atoms with Gasteiger partial charge in [-0.2, -0.15) is 0 Å². The molecule has 3 rings (SSSR count). The first-order chi connectivity index (χ1) is 9.74. The molecule has 2 aromatic rings. The summed E-state index contributed by atoms with van der Waals surface area (Å²) in [5, 5.41) is 0. The van der Waals surface area contributed by atoms with Gasteiger partial charge >= 0.3 is 0 Å². The maximum Gasteiger partial charge on any atom is 0.254 e. The van der Waals surface area contributed by atoms with Gasteiger partial charge in [0.1, 0.15) is 0 Å². The fourth-order valence-corrected chi connectivity index (χ4v) is 2.30. The number of hydrogen-bond acceptors (Lipinski definition) is 2. The average molecular weight is 266 g/mol. The largest absolute Gasteiger partial charge is 0.331 e. The Balaban J connectivity index is 1.80. The van der Waals surface area contributed by atoms with E-state index in [2.05, 4.69) is 4.98 Å². The zero-order valence-electron chi connectivity index (χ0n) is 11.6. The van der Waals surface area contributed by atoms with Crippen molar-refractivity contribution < 1.29 is 4.79 Å². The molecule has 3 heteroatoms. The van der Waals surface area contributed by atoms with E-state index in [-0.39, 0.29) is 5.91 Å². The van der Waals surface area contributed by atoms with E-state index in [1.807, 2.05) is 48.2 Å². The van der Waals surface area contributed by atoms with Crippen molar-refractivity contribution in [2.75, 3.05) is 0 Å². The lowest BCUT2D eigenvalue weighted by atomic mass is 10.1. The highest BCUT2D eigenvalue weighted by Gasteiger charge is 2.32. The molecule has 0 atom stereocenters. The summed E-state index contributed by atoms with van der Waals surface area (Å²) in [6.07, 6.45) is 5.78. The molecule has 3 nitrogen and oxygen atoms in total. The lowest BCUT2D eigenvalue weighted by molar-refractivity contribution is 0.0730. The molecule has 1 heterocycles. The van der Waals surface area contributed by atoms with Crippen LogP contribution in [0.25, 0.3) is 0 Å². The van der Waals surface area contributed by atoms with E-state index in [0.717, 1.165) is 24.0 Å². The summed E-state index contributed by atoms with van der Waals surface area (Å²) < 4.78 is 0. The molecule has 1 aliphatic carbocycles. The van der Waals surface area contributed by atoms with Crippen molar-refractivity contribution in [3.8, 4) is 0 Å². The second-order valence-corrected chi connectivity index (χ2v) is 5.39. The summed E-state index contributed by atoms with van der Waals surface area (Å²) in [5.41, 5.74) is 3.08. The van der Waals surface area contributed by atoms with Gasteiger partial charge in [-0.1, -0.05) is 17.7 Å². The Hall–Kier alpha value is -2.16. The normalized spacial score (nSPS) is 14.1. The number of hydrogen-bond donors (Lipinski definition) is 0. The second kappa shape index (κ2) is 5.45. The smallest absolute Gasteiger partial charge is 0.254 e. The van der Waals surface area contributed by atoms with Crippen LogP contribution >= 0.6 is 0 Å². The number of aryl methyl sites for hydroxylation is 1. The molecule has 1 aliphatic rings. The van der Waals surface area contributed by atoms with Gasteiger partial charge in [0.05, 0.1) is 0 Å². The fraction of sp³-hybridized carbons (Fsp3) is 0.294. The Bertz CT molecular complexity index is 588. The van der Waals surface area contributed by atoms with E-state index in [0.29, 0.717) is 12.6 Å². The third-order valence-electron chi connectivity index (χ3n) is 3.65. The Labute approximate surface area is 119 Å². The third kappa shape index (κ3) is 2.87. The topological polar surface area (TPSA) is 33.2 Å². The van der Waals surface area contributed by atoms with Gasteiger partial charge < -0.3 is 4.90 Å². The molecule has 0 unspecified atom stereocenters. The SMILES string of the molecule is Cc1ccc(C(=O)N(Cc2ccncc2)C2CC2)cc1. The highest BCUT2D eigenvalue weighted by molar-refractivity contribution is 5.94.